The first-order valence-electron chi connectivity index (χ1n) is 5.71. The van der Waals surface area contributed by atoms with Gasteiger partial charge in [-0.25, -0.2) is 0 Å². The fourth-order valence-electron chi connectivity index (χ4n) is 1.54. The molecule has 0 radical (unpaired) electrons. The number of halogens is 5. The SMILES string of the molecule is CC(NC(=O)CNCC(F)(F)F)c1ccc(Cl)cc1Cl. The zero-order valence-corrected chi connectivity index (χ0v) is 12.0. The van der Waals surface area contributed by atoms with Crippen molar-refractivity contribution >= 4 is 29.1 Å². The zero-order chi connectivity index (χ0) is 15.3. The van der Waals surface area contributed by atoms with Crippen LogP contribution in [0.2, 0.25) is 10.0 Å². The molecule has 0 spiro atoms. The van der Waals surface area contributed by atoms with Crippen molar-refractivity contribution in [3.8, 4) is 0 Å². The van der Waals surface area contributed by atoms with Crippen molar-refractivity contribution in [2.45, 2.75) is 19.1 Å². The first-order valence-corrected chi connectivity index (χ1v) is 6.46. The van der Waals surface area contributed by atoms with E-state index in [0.29, 0.717) is 15.6 Å². The fraction of sp³-hybridized carbons (Fsp3) is 0.417. The van der Waals surface area contributed by atoms with Gasteiger partial charge in [0.25, 0.3) is 0 Å². The van der Waals surface area contributed by atoms with E-state index in [0.717, 1.165) is 0 Å². The summed E-state index contributed by atoms with van der Waals surface area (Å²) in [5.74, 6) is -0.548. The molecule has 1 aromatic carbocycles. The van der Waals surface area contributed by atoms with Crippen LogP contribution >= 0.6 is 23.2 Å². The third-order valence-electron chi connectivity index (χ3n) is 2.42. The van der Waals surface area contributed by atoms with E-state index in [1.165, 1.54) is 6.07 Å². The molecular weight excluding hydrogens is 316 g/mol. The molecule has 0 aliphatic carbocycles. The highest BCUT2D eigenvalue weighted by molar-refractivity contribution is 6.35. The maximum Gasteiger partial charge on any atom is 0.401 e. The van der Waals surface area contributed by atoms with Crippen LogP contribution in [0.15, 0.2) is 18.2 Å². The summed E-state index contributed by atoms with van der Waals surface area (Å²) in [6.07, 6.45) is -4.34. The van der Waals surface area contributed by atoms with E-state index >= 15 is 0 Å². The summed E-state index contributed by atoms with van der Waals surface area (Å²) in [6, 6.07) is 4.37. The Morgan fingerprint density at radius 1 is 1.35 bits per heavy atom. The van der Waals surface area contributed by atoms with Crippen molar-refractivity contribution in [1.29, 1.82) is 0 Å². The van der Waals surface area contributed by atoms with Crippen LogP contribution in [0.4, 0.5) is 13.2 Å². The standard InChI is InChI=1S/C12H13Cl2F3N2O/c1-7(9-3-2-8(13)4-10(9)14)19-11(20)5-18-6-12(15,16)17/h2-4,7,18H,5-6H2,1H3,(H,19,20). The molecule has 0 aliphatic rings. The van der Waals surface area contributed by atoms with Gasteiger partial charge < -0.3 is 10.6 Å². The predicted molar refractivity (Wildman–Crippen MR) is 71.9 cm³/mol. The summed E-state index contributed by atoms with van der Waals surface area (Å²) in [5, 5.41) is 5.41. The Hall–Kier alpha value is -0.980. The monoisotopic (exact) mass is 328 g/mol. The lowest BCUT2D eigenvalue weighted by molar-refractivity contribution is -0.128. The number of benzene rings is 1. The number of hydrogen-bond donors (Lipinski definition) is 2. The number of hydrogen-bond acceptors (Lipinski definition) is 2. The summed E-state index contributed by atoms with van der Waals surface area (Å²) in [5.41, 5.74) is 0.639. The first kappa shape index (κ1) is 17.1. The van der Waals surface area contributed by atoms with Gasteiger partial charge in [-0.2, -0.15) is 13.2 Å². The molecule has 0 saturated carbocycles. The van der Waals surface area contributed by atoms with Crippen LogP contribution in [0.25, 0.3) is 0 Å². The minimum atomic E-state index is -4.34. The van der Waals surface area contributed by atoms with Gasteiger partial charge in [-0.3, -0.25) is 4.79 Å². The summed E-state index contributed by atoms with van der Waals surface area (Å²) in [4.78, 5) is 11.5. The summed E-state index contributed by atoms with van der Waals surface area (Å²) in [6.45, 7) is 0.0440. The Balaban J connectivity index is 2.49. The normalized spacial score (nSPS) is 13.1. The van der Waals surface area contributed by atoms with E-state index in [4.69, 9.17) is 23.2 Å². The second-order valence-corrected chi connectivity index (χ2v) is 5.02. The lowest BCUT2D eigenvalue weighted by Gasteiger charge is -2.16. The van der Waals surface area contributed by atoms with Crippen LogP contribution in [0.5, 0.6) is 0 Å². The predicted octanol–water partition coefficient (Wildman–Crippen LogP) is 3.32. The molecular formula is C12H13Cl2F3N2O. The van der Waals surface area contributed by atoms with E-state index < -0.39 is 31.2 Å². The molecule has 112 valence electrons. The summed E-state index contributed by atoms with van der Waals surface area (Å²) >= 11 is 11.7. The van der Waals surface area contributed by atoms with E-state index in [-0.39, 0.29) is 0 Å². The van der Waals surface area contributed by atoms with Crippen LogP contribution < -0.4 is 10.6 Å². The third kappa shape index (κ3) is 5.98. The van der Waals surface area contributed by atoms with Gasteiger partial charge >= 0.3 is 6.18 Å². The molecule has 1 amide bonds. The molecule has 3 nitrogen and oxygen atoms in total. The van der Waals surface area contributed by atoms with Gasteiger partial charge in [0.05, 0.1) is 19.1 Å². The average molecular weight is 329 g/mol. The molecule has 1 unspecified atom stereocenters. The molecule has 1 atom stereocenters. The number of alkyl halides is 3. The Labute approximate surface area is 124 Å². The van der Waals surface area contributed by atoms with Crippen molar-refractivity contribution in [2.24, 2.45) is 0 Å². The summed E-state index contributed by atoms with van der Waals surface area (Å²) < 4.78 is 35.7. The van der Waals surface area contributed by atoms with Gasteiger partial charge in [0.1, 0.15) is 0 Å². The zero-order valence-electron chi connectivity index (χ0n) is 10.5. The highest BCUT2D eigenvalue weighted by atomic mass is 35.5. The quantitative estimate of drug-likeness (QED) is 0.870. The molecule has 2 N–H and O–H groups in total. The second kappa shape index (κ2) is 7.15. The lowest BCUT2D eigenvalue weighted by Crippen LogP contribution is -2.39. The molecule has 1 aromatic rings. The minimum Gasteiger partial charge on any atom is -0.348 e. The Kier molecular flexibility index (Phi) is 6.10. The first-order chi connectivity index (χ1) is 9.19. The summed E-state index contributed by atoms with van der Waals surface area (Å²) in [7, 11) is 0. The minimum absolute atomic E-state index is 0.383. The number of carbonyl (C=O) groups is 1. The fourth-order valence-corrected chi connectivity index (χ4v) is 2.11. The molecule has 20 heavy (non-hydrogen) atoms. The van der Waals surface area contributed by atoms with Gasteiger partial charge in [0.2, 0.25) is 5.91 Å². The van der Waals surface area contributed by atoms with E-state index in [1.54, 1.807) is 19.1 Å². The maximum absolute atomic E-state index is 11.9. The van der Waals surface area contributed by atoms with Gasteiger partial charge in [-0.1, -0.05) is 29.3 Å². The van der Waals surface area contributed by atoms with Gasteiger partial charge in [-0.15, -0.1) is 0 Å². The van der Waals surface area contributed by atoms with Gasteiger partial charge in [-0.05, 0) is 24.6 Å². The highest BCUT2D eigenvalue weighted by Crippen LogP contribution is 2.25. The maximum atomic E-state index is 11.9. The van der Waals surface area contributed by atoms with E-state index in [9.17, 15) is 18.0 Å². The lowest BCUT2D eigenvalue weighted by atomic mass is 10.1. The molecule has 1 rings (SSSR count). The topological polar surface area (TPSA) is 41.1 Å². The molecule has 0 heterocycles. The van der Waals surface area contributed by atoms with Crippen LogP contribution in [-0.2, 0) is 4.79 Å². The number of carbonyl (C=O) groups excluding carboxylic acids is 1. The van der Waals surface area contributed by atoms with Crippen molar-refractivity contribution in [2.75, 3.05) is 13.1 Å². The van der Waals surface area contributed by atoms with E-state index in [2.05, 4.69) is 5.32 Å². The number of rotatable bonds is 5. The number of nitrogens with one attached hydrogen (secondary N) is 2. The third-order valence-corrected chi connectivity index (χ3v) is 2.98. The smallest absolute Gasteiger partial charge is 0.348 e. The van der Waals surface area contributed by atoms with Crippen molar-refractivity contribution in [3.63, 3.8) is 0 Å². The molecule has 0 bridgehead atoms. The average Bonchev–Trinajstić information content (AvgIpc) is 2.26. The molecule has 0 fully saturated rings. The van der Waals surface area contributed by atoms with Crippen LogP contribution in [0, 0.1) is 0 Å². The highest BCUT2D eigenvalue weighted by Gasteiger charge is 2.26. The largest absolute Gasteiger partial charge is 0.401 e. The van der Waals surface area contributed by atoms with E-state index in [1.807, 2.05) is 5.32 Å². The molecule has 0 saturated heterocycles. The Morgan fingerprint density at radius 3 is 2.55 bits per heavy atom. The van der Waals surface area contributed by atoms with Crippen molar-refractivity contribution in [3.05, 3.63) is 33.8 Å². The van der Waals surface area contributed by atoms with Gasteiger partial charge in [0.15, 0.2) is 0 Å². The van der Waals surface area contributed by atoms with Crippen LogP contribution in [0.1, 0.15) is 18.5 Å². The second-order valence-electron chi connectivity index (χ2n) is 4.17. The molecule has 8 heteroatoms. The Bertz CT molecular complexity index is 480. The molecule has 0 aromatic heterocycles. The number of amides is 1. The Morgan fingerprint density at radius 2 is 2.00 bits per heavy atom. The van der Waals surface area contributed by atoms with Crippen LogP contribution in [-0.4, -0.2) is 25.2 Å². The molecule has 0 aliphatic heterocycles. The van der Waals surface area contributed by atoms with Crippen molar-refractivity contribution < 1.29 is 18.0 Å². The van der Waals surface area contributed by atoms with Gasteiger partial charge in [0, 0.05) is 10.0 Å². The van der Waals surface area contributed by atoms with Crippen LogP contribution in [0.3, 0.4) is 0 Å². The van der Waals surface area contributed by atoms with Crippen molar-refractivity contribution in [1.82, 2.24) is 10.6 Å².